The average Bonchev–Trinajstić information content (AvgIpc) is 3.04. The van der Waals surface area contributed by atoms with Crippen molar-refractivity contribution in [1.29, 1.82) is 0 Å². The summed E-state index contributed by atoms with van der Waals surface area (Å²) in [7, 11) is 0. The molecule has 1 aliphatic rings. The number of alkyl carbamates (subject to hydrolysis) is 1. The van der Waals surface area contributed by atoms with E-state index in [1.165, 1.54) is 0 Å². The van der Waals surface area contributed by atoms with Crippen LogP contribution in [0.25, 0.3) is 0 Å². The molecule has 1 aromatic carbocycles. The Labute approximate surface area is 134 Å². The van der Waals surface area contributed by atoms with Gasteiger partial charge >= 0.3 is 12.1 Å². The van der Waals surface area contributed by atoms with Crippen molar-refractivity contribution in [3.63, 3.8) is 0 Å². The Morgan fingerprint density at radius 2 is 2.09 bits per heavy atom. The van der Waals surface area contributed by atoms with Crippen molar-refractivity contribution in [2.45, 2.75) is 32.6 Å². The molecule has 0 saturated carbocycles. The number of hydrogen-bond donors (Lipinski definition) is 1. The van der Waals surface area contributed by atoms with Crippen LogP contribution in [-0.2, 0) is 25.6 Å². The fourth-order valence-corrected chi connectivity index (χ4v) is 1.99. The minimum absolute atomic E-state index is 0.179. The third kappa shape index (κ3) is 4.98. The molecule has 1 aromatic rings. The van der Waals surface area contributed by atoms with Crippen LogP contribution in [0, 0.1) is 0 Å². The van der Waals surface area contributed by atoms with Crippen molar-refractivity contribution in [2.24, 2.45) is 4.99 Å². The Balaban J connectivity index is 1.75. The SMILES string of the molecule is CCOC(=O)[C@H]1CN=C([C@H](C)NC(=O)OCc2ccccc2)O1. The molecule has 1 aliphatic heterocycles. The smallest absolute Gasteiger partial charge is 0.408 e. The molecule has 0 saturated heterocycles. The van der Waals surface area contributed by atoms with E-state index in [1.807, 2.05) is 30.3 Å². The van der Waals surface area contributed by atoms with Gasteiger partial charge < -0.3 is 19.5 Å². The van der Waals surface area contributed by atoms with Crippen molar-refractivity contribution >= 4 is 18.0 Å². The van der Waals surface area contributed by atoms with Crippen LogP contribution >= 0.6 is 0 Å². The van der Waals surface area contributed by atoms with Crippen molar-refractivity contribution in [2.75, 3.05) is 13.2 Å². The van der Waals surface area contributed by atoms with E-state index in [-0.39, 0.29) is 19.8 Å². The zero-order valence-electron chi connectivity index (χ0n) is 13.2. The van der Waals surface area contributed by atoms with Crippen LogP contribution in [0.5, 0.6) is 0 Å². The van der Waals surface area contributed by atoms with E-state index in [0.29, 0.717) is 5.90 Å². The zero-order chi connectivity index (χ0) is 16.7. The standard InChI is InChI=1S/C16H20N2O5/c1-3-21-15(19)13-9-17-14(23-13)11(2)18-16(20)22-10-12-7-5-4-6-8-12/h4-8,11,13H,3,9-10H2,1-2H3,(H,18,20)/t11-,13+/m0/s1. The molecule has 0 unspecified atom stereocenters. The second-order valence-corrected chi connectivity index (χ2v) is 4.97. The number of nitrogens with zero attached hydrogens (tertiary/aromatic N) is 1. The summed E-state index contributed by atoms with van der Waals surface area (Å²) < 4.78 is 15.4. The fraction of sp³-hybridized carbons (Fsp3) is 0.438. The molecule has 1 N–H and O–H groups in total. The number of ether oxygens (including phenoxy) is 3. The first-order valence-corrected chi connectivity index (χ1v) is 7.45. The molecular formula is C16H20N2O5. The van der Waals surface area contributed by atoms with E-state index in [1.54, 1.807) is 13.8 Å². The van der Waals surface area contributed by atoms with Crippen LogP contribution in [0.4, 0.5) is 4.79 Å². The summed E-state index contributed by atoms with van der Waals surface area (Å²) in [5.41, 5.74) is 0.895. The molecule has 0 bridgehead atoms. The lowest BCUT2D eigenvalue weighted by atomic mass is 10.2. The highest BCUT2D eigenvalue weighted by molar-refractivity contribution is 5.90. The van der Waals surface area contributed by atoms with E-state index >= 15 is 0 Å². The average molecular weight is 320 g/mol. The second-order valence-electron chi connectivity index (χ2n) is 4.97. The van der Waals surface area contributed by atoms with E-state index in [2.05, 4.69) is 10.3 Å². The van der Waals surface area contributed by atoms with Crippen LogP contribution in [0.2, 0.25) is 0 Å². The summed E-state index contributed by atoms with van der Waals surface area (Å²) in [4.78, 5) is 27.4. The first-order chi connectivity index (χ1) is 11.1. The summed E-state index contributed by atoms with van der Waals surface area (Å²) in [6.45, 7) is 4.09. The van der Waals surface area contributed by atoms with Crippen LogP contribution < -0.4 is 5.32 Å². The van der Waals surface area contributed by atoms with Gasteiger partial charge in [0.05, 0.1) is 13.2 Å². The predicted octanol–water partition coefficient (Wildman–Crippen LogP) is 1.66. The first-order valence-electron chi connectivity index (χ1n) is 7.45. The monoisotopic (exact) mass is 320 g/mol. The number of hydrogen-bond acceptors (Lipinski definition) is 6. The maximum atomic E-state index is 11.8. The van der Waals surface area contributed by atoms with E-state index in [9.17, 15) is 9.59 Å². The quantitative estimate of drug-likeness (QED) is 0.806. The van der Waals surface area contributed by atoms with Crippen LogP contribution in [0.15, 0.2) is 35.3 Å². The van der Waals surface area contributed by atoms with Crippen molar-refractivity contribution in [3.05, 3.63) is 35.9 Å². The van der Waals surface area contributed by atoms with Crippen molar-refractivity contribution in [1.82, 2.24) is 5.32 Å². The number of esters is 1. The van der Waals surface area contributed by atoms with Gasteiger partial charge in [-0.1, -0.05) is 30.3 Å². The molecule has 0 spiro atoms. The normalized spacial score (nSPS) is 17.7. The number of benzene rings is 1. The highest BCUT2D eigenvalue weighted by Crippen LogP contribution is 2.10. The number of aliphatic imine (C=N–C) groups is 1. The Bertz CT molecular complexity index is 573. The molecule has 7 nitrogen and oxygen atoms in total. The molecule has 0 aromatic heterocycles. The van der Waals surface area contributed by atoms with E-state index in [0.717, 1.165) is 5.56 Å². The minimum Gasteiger partial charge on any atom is -0.463 e. The second kappa shape index (κ2) is 8.17. The molecule has 2 rings (SSSR count). The molecule has 124 valence electrons. The molecular weight excluding hydrogens is 300 g/mol. The molecule has 0 aliphatic carbocycles. The molecule has 23 heavy (non-hydrogen) atoms. The van der Waals surface area contributed by atoms with Crippen LogP contribution in [0.3, 0.4) is 0 Å². The third-order valence-electron chi connectivity index (χ3n) is 3.14. The molecule has 0 radical (unpaired) electrons. The number of nitrogens with one attached hydrogen (secondary N) is 1. The van der Waals surface area contributed by atoms with Gasteiger partial charge in [0.15, 0.2) is 0 Å². The van der Waals surface area contributed by atoms with Gasteiger partial charge in [-0.25, -0.2) is 14.6 Å². The number of carbonyl (C=O) groups excluding carboxylic acids is 2. The van der Waals surface area contributed by atoms with Gasteiger partial charge in [-0.2, -0.15) is 0 Å². The summed E-state index contributed by atoms with van der Waals surface area (Å²) in [5.74, 6) is -0.162. The van der Waals surface area contributed by atoms with Gasteiger partial charge in [-0.3, -0.25) is 0 Å². The lowest BCUT2D eigenvalue weighted by molar-refractivity contribution is -0.150. The maximum Gasteiger partial charge on any atom is 0.408 e. The van der Waals surface area contributed by atoms with Gasteiger partial charge in [-0.05, 0) is 19.4 Å². The Hall–Kier alpha value is -2.57. The molecule has 7 heteroatoms. The van der Waals surface area contributed by atoms with Gasteiger partial charge in [0, 0.05) is 0 Å². The summed E-state index contributed by atoms with van der Waals surface area (Å²) in [5, 5.41) is 2.61. The topological polar surface area (TPSA) is 86.2 Å². The summed E-state index contributed by atoms with van der Waals surface area (Å²) >= 11 is 0. The van der Waals surface area contributed by atoms with Crippen LogP contribution in [-0.4, -0.2) is 43.3 Å². The van der Waals surface area contributed by atoms with Gasteiger partial charge in [0.25, 0.3) is 0 Å². The highest BCUT2D eigenvalue weighted by atomic mass is 16.6. The van der Waals surface area contributed by atoms with Gasteiger partial charge in [-0.15, -0.1) is 0 Å². The number of rotatable bonds is 6. The molecule has 1 amide bonds. The van der Waals surface area contributed by atoms with E-state index in [4.69, 9.17) is 14.2 Å². The fourth-order valence-electron chi connectivity index (χ4n) is 1.99. The molecule has 2 atom stereocenters. The molecule has 1 heterocycles. The van der Waals surface area contributed by atoms with Crippen molar-refractivity contribution in [3.8, 4) is 0 Å². The van der Waals surface area contributed by atoms with Gasteiger partial charge in [0.2, 0.25) is 12.0 Å². The predicted molar refractivity (Wildman–Crippen MR) is 83.0 cm³/mol. The van der Waals surface area contributed by atoms with Crippen LogP contribution in [0.1, 0.15) is 19.4 Å². The highest BCUT2D eigenvalue weighted by Gasteiger charge is 2.31. The minimum atomic E-state index is -0.741. The lowest BCUT2D eigenvalue weighted by Crippen LogP contribution is -2.40. The Kier molecular flexibility index (Phi) is 5.96. The molecule has 0 fully saturated rings. The summed E-state index contributed by atoms with van der Waals surface area (Å²) in [6.07, 6.45) is -1.32. The number of carbonyl (C=O) groups is 2. The Morgan fingerprint density at radius 1 is 1.35 bits per heavy atom. The maximum absolute atomic E-state index is 11.8. The third-order valence-corrected chi connectivity index (χ3v) is 3.14. The summed E-state index contributed by atoms with van der Waals surface area (Å²) in [6, 6.07) is 8.88. The zero-order valence-corrected chi connectivity index (χ0v) is 13.2. The van der Waals surface area contributed by atoms with E-state index < -0.39 is 24.2 Å². The van der Waals surface area contributed by atoms with Crippen molar-refractivity contribution < 1.29 is 23.8 Å². The Morgan fingerprint density at radius 3 is 2.78 bits per heavy atom. The number of amides is 1. The van der Waals surface area contributed by atoms with Gasteiger partial charge in [0.1, 0.15) is 12.6 Å². The lowest BCUT2D eigenvalue weighted by Gasteiger charge is -2.15. The largest absolute Gasteiger partial charge is 0.463 e. The first kappa shape index (κ1) is 16.8.